The molecule has 0 bridgehead atoms. The molecule has 114 valence electrons. The van der Waals surface area contributed by atoms with Gasteiger partial charge in [-0.3, -0.25) is 4.90 Å². The molecule has 1 aliphatic carbocycles. The molecule has 4 heteroatoms. The van der Waals surface area contributed by atoms with Gasteiger partial charge in [-0.05, 0) is 25.8 Å². The highest BCUT2D eigenvalue weighted by atomic mass is 16.5. The van der Waals surface area contributed by atoms with Crippen LogP contribution in [0, 0.1) is 6.92 Å². The third kappa shape index (κ3) is 2.84. The van der Waals surface area contributed by atoms with Gasteiger partial charge in [-0.25, -0.2) is 0 Å². The maximum absolute atomic E-state index is 6.14. The van der Waals surface area contributed by atoms with Crippen molar-refractivity contribution in [2.24, 2.45) is 5.73 Å². The number of rotatable bonds is 7. The standard InChI is InChI=1S/C17H24N2O2/c1-12-17(14-5-3-4-6-16(14)21-12)15(11-18)19(9-10-20-2)13-7-8-13/h3-6,13,15H,7-11,18H2,1-2H3. The molecule has 2 aromatic rings. The Labute approximate surface area is 125 Å². The average molecular weight is 288 g/mol. The smallest absolute Gasteiger partial charge is 0.134 e. The van der Waals surface area contributed by atoms with Crippen molar-refractivity contribution in [3.05, 3.63) is 35.6 Å². The topological polar surface area (TPSA) is 51.6 Å². The van der Waals surface area contributed by atoms with Crippen molar-refractivity contribution in [1.82, 2.24) is 4.90 Å². The lowest BCUT2D eigenvalue weighted by molar-refractivity contribution is 0.115. The van der Waals surface area contributed by atoms with Gasteiger partial charge in [0.05, 0.1) is 12.6 Å². The lowest BCUT2D eigenvalue weighted by Gasteiger charge is -2.31. The Balaban J connectivity index is 1.98. The van der Waals surface area contributed by atoms with E-state index in [9.17, 15) is 0 Å². The van der Waals surface area contributed by atoms with E-state index in [1.165, 1.54) is 23.8 Å². The summed E-state index contributed by atoms with van der Waals surface area (Å²) >= 11 is 0. The number of ether oxygens (including phenoxy) is 1. The van der Waals surface area contributed by atoms with E-state index in [4.69, 9.17) is 14.9 Å². The summed E-state index contributed by atoms with van der Waals surface area (Å²) in [5.74, 6) is 0.981. The van der Waals surface area contributed by atoms with Crippen molar-refractivity contribution in [2.75, 3.05) is 26.8 Å². The molecular formula is C17H24N2O2. The monoisotopic (exact) mass is 288 g/mol. The predicted octanol–water partition coefficient (Wildman–Crippen LogP) is 2.85. The Bertz CT molecular complexity index is 604. The number of fused-ring (bicyclic) bond motifs is 1. The van der Waals surface area contributed by atoms with Crippen LogP contribution < -0.4 is 5.73 Å². The molecule has 1 unspecified atom stereocenters. The molecule has 0 aliphatic heterocycles. The van der Waals surface area contributed by atoms with Gasteiger partial charge in [0.2, 0.25) is 0 Å². The number of aryl methyl sites for hydroxylation is 1. The van der Waals surface area contributed by atoms with E-state index in [0.717, 1.165) is 24.5 Å². The Morgan fingerprint density at radius 3 is 2.81 bits per heavy atom. The average Bonchev–Trinajstić information content (AvgIpc) is 3.27. The zero-order chi connectivity index (χ0) is 14.8. The van der Waals surface area contributed by atoms with Crippen LogP contribution in [0.2, 0.25) is 0 Å². The van der Waals surface area contributed by atoms with E-state index in [1.807, 2.05) is 19.1 Å². The minimum atomic E-state index is 0.205. The molecule has 1 atom stereocenters. The highest BCUT2D eigenvalue weighted by Gasteiger charge is 2.35. The molecule has 1 aromatic carbocycles. The van der Waals surface area contributed by atoms with Crippen LogP contribution >= 0.6 is 0 Å². The van der Waals surface area contributed by atoms with Gasteiger partial charge in [0.15, 0.2) is 0 Å². The quantitative estimate of drug-likeness (QED) is 0.851. The summed E-state index contributed by atoms with van der Waals surface area (Å²) in [5.41, 5.74) is 8.33. The summed E-state index contributed by atoms with van der Waals surface area (Å²) in [4.78, 5) is 2.49. The van der Waals surface area contributed by atoms with Gasteiger partial charge in [-0.2, -0.15) is 0 Å². The number of furan rings is 1. The van der Waals surface area contributed by atoms with Crippen molar-refractivity contribution in [3.63, 3.8) is 0 Å². The molecule has 1 aliphatic rings. The van der Waals surface area contributed by atoms with E-state index in [-0.39, 0.29) is 6.04 Å². The molecule has 21 heavy (non-hydrogen) atoms. The first-order chi connectivity index (χ1) is 10.3. The molecule has 0 saturated heterocycles. The molecule has 0 radical (unpaired) electrons. The van der Waals surface area contributed by atoms with Crippen molar-refractivity contribution in [3.8, 4) is 0 Å². The van der Waals surface area contributed by atoms with E-state index in [0.29, 0.717) is 12.6 Å². The third-order valence-corrected chi connectivity index (χ3v) is 4.35. The zero-order valence-electron chi connectivity index (χ0n) is 12.8. The van der Waals surface area contributed by atoms with Crippen LogP contribution in [0.25, 0.3) is 11.0 Å². The number of nitrogens with two attached hydrogens (primary N) is 1. The second-order valence-corrected chi connectivity index (χ2v) is 5.78. The molecule has 1 fully saturated rings. The summed E-state index contributed by atoms with van der Waals surface area (Å²) in [7, 11) is 1.75. The molecule has 3 rings (SSSR count). The maximum atomic E-state index is 6.14. The Kier molecular flexibility index (Phi) is 4.29. The van der Waals surface area contributed by atoms with Gasteiger partial charge >= 0.3 is 0 Å². The van der Waals surface area contributed by atoms with Crippen LogP contribution in [0.1, 0.15) is 30.2 Å². The van der Waals surface area contributed by atoms with Gasteiger partial charge in [-0.1, -0.05) is 18.2 Å². The summed E-state index contributed by atoms with van der Waals surface area (Å²) in [5, 5.41) is 1.19. The van der Waals surface area contributed by atoms with Crippen LogP contribution in [0.15, 0.2) is 28.7 Å². The minimum absolute atomic E-state index is 0.205. The molecule has 4 nitrogen and oxygen atoms in total. The van der Waals surface area contributed by atoms with Crippen molar-refractivity contribution in [2.45, 2.75) is 31.8 Å². The number of benzene rings is 1. The first-order valence-corrected chi connectivity index (χ1v) is 7.69. The van der Waals surface area contributed by atoms with Gasteiger partial charge in [-0.15, -0.1) is 0 Å². The second kappa shape index (κ2) is 6.18. The lowest BCUT2D eigenvalue weighted by atomic mass is 10.0. The number of hydrogen-bond donors (Lipinski definition) is 1. The van der Waals surface area contributed by atoms with E-state index >= 15 is 0 Å². The van der Waals surface area contributed by atoms with Crippen molar-refractivity contribution in [1.29, 1.82) is 0 Å². The first-order valence-electron chi connectivity index (χ1n) is 7.69. The number of para-hydroxylation sites is 1. The summed E-state index contributed by atoms with van der Waals surface area (Å²) < 4.78 is 11.2. The maximum Gasteiger partial charge on any atom is 0.134 e. The van der Waals surface area contributed by atoms with Crippen LogP contribution in [-0.2, 0) is 4.74 Å². The first kappa shape index (κ1) is 14.6. The lowest BCUT2D eigenvalue weighted by Crippen LogP contribution is -2.38. The molecule has 1 aromatic heterocycles. The third-order valence-electron chi connectivity index (χ3n) is 4.35. The van der Waals surface area contributed by atoms with Crippen molar-refractivity contribution < 1.29 is 9.15 Å². The highest BCUT2D eigenvalue weighted by Crippen LogP contribution is 2.38. The van der Waals surface area contributed by atoms with Crippen LogP contribution in [0.3, 0.4) is 0 Å². The summed E-state index contributed by atoms with van der Waals surface area (Å²) in [6.45, 7) is 4.30. The molecule has 1 heterocycles. The normalized spacial score (nSPS) is 16.8. The summed E-state index contributed by atoms with van der Waals surface area (Å²) in [6, 6.07) is 9.07. The zero-order valence-corrected chi connectivity index (χ0v) is 12.8. The second-order valence-electron chi connectivity index (χ2n) is 5.78. The van der Waals surface area contributed by atoms with Gasteiger partial charge < -0.3 is 14.9 Å². The van der Waals surface area contributed by atoms with Crippen molar-refractivity contribution >= 4 is 11.0 Å². The van der Waals surface area contributed by atoms with Gasteiger partial charge in [0.1, 0.15) is 11.3 Å². The number of nitrogens with zero attached hydrogens (tertiary/aromatic N) is 1. The van der Waals surface area contributed by atoms with Gasteiger partial charge in [0.25, 0.3) is 0 Å². The fourth-order valence-corrected chi connectivity index (χ4v) is 3.22. The summed E-state index contributed by atoms with van der Waals surface area (Å²) in [6.07, 6.45) is 2.52. The van der Waals surface area contributed by atoms with Gasteiger partial charge in [0, 0.05) is 37.2 Å². The molecule has 0 spiro atoms. The number of methoxy groups -OCH3 is 1. The molecular weight excluding hydrogens is 264 g/mol. The number of hydrogen-bond acceptors (Lipinski definition) is 4. The Morgan fingerprint density at radius 2 is 2.14 bits per heavy atom. The largest absolute Gasteiger partial charge is 0.461 e. The Morgan fingerprint density at radius 1 is 1.38 bits per heavy atom. The van der Waals surface area contributed by atoms with Crippen LogP contribution in [0.5, 0.6) is 0 Å². The van der Waals surface area contributed by atoms with Crippen LogP contribution in [-0.4, -0.2) is 37.7 Å². The molecule has 1 saturated carbocycles. The van der Waals surface area contributed by atoms with E-state index in [1.54, 1.807) is 7.11 Å². The highest BCUT2D eigenvalue weighted by molar-refractivity contribution is 5.82. The Hall–Kier alpha value is -1.36. The fourth-order valence-electron chi connectivity index (χ4n) is 3.22. The predicted molar refractivity (Wildman–Crippen MR) is 84.4 cm³/mol. The van der Waals surface area contributed by atoms with Crippen LogP contribution in [0.4, 0.5) is 0 Å². The molecule has 0 amide bonds. The fraction of sp³-hybridized carbons (Fsp3) is 0.529. The van der Waals surface area contributed by atoms with E-state index < -0.39 is 0 Å². The van der Waals surface area contributed by atoms with E-state index in [2.05, 4.69) is 17.0 Å². The minimum Gasteiger partial charge on any atom is -0.461 e. The molecule has 2 N–H and O–H groups in total. The SMILES string of the molecule is COCCN(C1CC1)C(CN)c1c(C)oc2ccccc12.